The summed E-state index contributed by atoms with van der Waals surface area (Å²) in [6.45, 7) is 6.20. The van der Waals surface area contributed by atoms with E-state index in [0.717, 1.165) is 40.2 Å². The van der Waals surface area contributed by atoms with Crippen molar-refractivity contribution in [1.82, 2.24) is 0 Å². The van der Waals surface area contributed by atoms with Gasteiger partial charge in [-0.15, -0.1) is 0 Å². The molecule has 35 heavy (non-hydrogen) atoms. The van der Waals surface area contributed by atoms with Crippen LogP contribution < -0.4 is 14.5 Å². The van der Waals surface area contributed by atoms with Crippen molar-refractivity contribution in [2.45, 2.75) is 39.2 Å². The Balaban J connectivity index is 1.33. The zero-order valence-electron chi connectivity index (χ0n) is 20.8. The van der Waals surface area contributed by atoms with Crippen LogP contribution in [-0.4, -0.2) is 32.7 Å². The first-order valence-corrected chi connectivity index (χ1v) is 12.8. The minimum absolute atomic E-state index is 0.0246. The molecule has 0 atom stereocenters. The molecule has 1 amide bonds. The topological polar surface area (TPSA) is 34.0 Å². The lowest BCUT2D eigenvalue weighted by atomic mass is 10.00. The van der Waals surface area contributed by atoms with Crippen molar-refractivity contribution in [3.8, 4) is 16.9 Å². The molecule has 2 aliphatic heterocycles. The molecule has 4 nitrogen and oxygen atoms in total. The Kier molecular flexibility index (Phi) is 7.01. The summed E-state index contributed by atoms with van der Waals surface area (Å²) >= 11 is 0. The number of amides is 1. The SMILES string of the molecule is Cc1ccc(-c2ccc3c(c2)C=C(C(=O)N(C)c2ccc(C[NH+]4CCCCC4)cc2)CCO3)cc1. The zero-order chi connectivity index (χ0) is 24.2. The highest BCUT2D eigenvalue weighted by molar-refractivity contribution is 6.08. The summed E-state index contributed by atoms with van der Waals surface area (Å²) < 4.78 is 5.99. The Hall–Kier alpha value is -3.37. The van der Waals surface area contributed by atoms with E-state index in [1.165, 1.54) is 43.5 Å². The van der Waals surface area contributed by atoms with Gasteiger partial charge in [-0.1, -0.05) is 48.0 Å². The van der Waals surface area contributed by atoms with E-state index < -0.39 is 0 Å². The molecule has 0 aliphatic carbocycles. The van der Waals surface area contributed by atoms with Gasteiger partial charge in [-0.3, -0.25) is 4.79 Å². The third-order valence-corrected chi connectivity index (χ3v) is 7.27. The second-order valence-corrected chi connectivity index (χ2v) is 9.90. The van der Waals surface area contributed by atoms with Gasteiger partial charge >= 0.3 is 0 Å². The van der Waals surface area contributed by atoms with E-state index in [4.69, 9.17) is 4.74 Å². The predicted octanol–water partition coefficient (Wildman–Crippen LogP) is 5.06. The van der Waals surface area contributed by atoms with Crippen molar-refractivity contribution in [2.75, 3.05) is 31.6 Å². The average molecular weight is 468 g/mol. The number of ether oxygens (including phenoxy) is 1. The number of likely N-dealkylation sites (N-methyl/N-ethyl adjacent to an activating group) is 1. The summed E-state index contributed by atoms with van der Waals surface area (Å²) in [7, 11) is 1.86. The smallest absolute Gasteiger partial charge is 0.254 e. The molecule has 2 heterocycles. The van der Waals surface area contributed by atoms with Gasteiger partial charge in [-0.25, -0.2) is 0 Å². The summed E-state index contributed by atoms with van der Waals surface area (Å²) in [6, 6.07) is 23.2. The number of carbonyl (C=O) groups is 1. The second kappa shape index (κ2) is 10.5. The fourth-order valence-corrected chi connectivity index (χ4v) is 5.11. The van der Waals surface area contributed by atoms with Gasteiger partial charge in [0.15, 0.2) is 0 Å². The highest BCUT2D eigenvalue weighted by Gasteiger charge is 2.20. The molecule has 1 saturated heterocycles. The quantitative estimate of drug-likeness (QED) is 0.569. The van der Waals surface area contributed by atoms with Crippen LogP contribution in [-0.2, 0) is 11.3 Å². The number of hydrogen-bond donors (Lipinski definition) is 1. The number of hydrogen-bond acceptors (Lipinski definition) is 2. The Morgan fingerprint density at radius 1 is 0.914 bits per heavy atom. The molecule has 3 aromatic rings. The number of nitrogens with one attached hydrogen (secondary N) is 1. The number of quaternary nitrogens is 1. The van der Waals surface area contributed by atoms with E-state index in [2.05, 4.69) is 67.6 Å². The largest absolute Gasteiger partial charge is 0.493 e. The van der Waals surface area contributed by atoms with Crippen LogP contribution in [0.4, 0.5) is 5.69 Å². The van der Waals surface area contributed by atoms with Crippen LogP contribution in [0.25, 0.3) is 17.2 Å². The maximum atomic E-state index is 13.5. The van der Waals surface area contributed by atoms with Crippen molar-refractivity contribution in [1.29, 1.82) is 0 Å². The lowest BCUT2D eigenvalue weighted by Crippen LogP contribution is -3.11. The molecule has 4 heteroatoms. The second-order valence-electron chi connectivity index (χ2n) is 9.90. The monoisotopic (exact) mass is 467 g/mol. The first-order valence-electron chi connectivity index (χ1n) is 12.8. The van der Waals surface area contributed by atoms with Gasteiger partial charge < -0.3 is 14.5 Å². The summed E-state index contributed by atoms with van der Waals surface area (Å²) in [4.78, 5) is 16.9. The molecule has 0 unspecified atom stereocenters. The fraction of sp³-hybridized carbons (Fsp3) is 0.323. The molecule has 0 saturated carbocycles. The fourth-order valence-electron chi connectivity index (χ4n) is 5.11. The van der Waals surface area contributed by atoms with Crippen molar-refractivity contribution in [3.63, 3.8) is 0 Å². The average Bonchev–Trinajstić information content (AvgIpc) is 3.11. The van der Waals surface area contributed by atoms with Gasteiger partial charge in [0, 0.05) is 35.9 Å². The zero-order valence-corrected chi connectivity index (χ0v) is 20.8. The Labute approximate surface area is 208 Å². The molecule has 5 rings (SSSR count). The van der Waals surface area contributed by atoms with Gasteiger partial charge in [0.1, 0.15) is 12.3 Å². The standard InChI is InChI=1S/C31H34N2O2/c1-23-6-10-25(11-7-23)26-12-15-30-28(20-26)21-27(16-19-35-30)31(34)32(2)29-13-8-24(9-14-29)22-33-17-4-3-5-18-33/h6-15,20-21H,3-5,16-19,22H2,1-2H3/p+1. The Bertz CT molecular complexity index is 1210. The first kappa shape index (κ1) is 23.4. The number of aryl methyl sites for hydroxylation is 1. The van der Waals surface area contributed by atoms with Crippen LogP contribution in [0.3, 0.4) is 0 Å². The third-order valence-electron chi connectivity index (χ3n) is 7.27. The third kappa shape index (κ3) is 5.49. The molecule has 0 spiro atoms. The number of rotatable bonds is 5. The van der Waals surface area contributed by atoms with Crippen LogP contribution in [0.5, 0.6) is 5.75 Å². The van der Waals surface area contributed by atoms with Crippen molar-refractivity contribution < 1.29 is 14.4 Å². The van der Waals surface area contributed by atoms with E-state index in [0.29, 0.717) is 13.0 Å². The minimum Gasteiger partial charge on any atom is -0.493 e. The summed E-state index contributed by atoms with van der Waals surface area (Å²) in [5.41, 5.74) is 7.51. The van der Waals surface area contributed by atoms with Crippen molar-refractivity contribution in [2.24, 2.45) is 0 Å². The molecule has 180 valence electrons. The van der Waals surface area contributed by atoms with Crippen LogP contribution in [0.15, 0.2) is 72.3 Å². The van der Waals surface area contributed by atoms with Crippen LogP contribution >= 0.6 is 0 Å². The molecule has 0 bridgehead atoms. The minimum atomic E-state index is 0.0246. The highest BCUT2D eigenvalue weighted by atomic mass is 16.5. The number of carbonyl (C=O) groups excluding carboxylic acids is 1. The van der Waals surface area contributed by atoms with Crippen LogP contribution in [0.2, 0.25) is 0 Å². The number of nitrogens with zero attached hydrogens (tertiary/aromatic N) is 1. The molecule has 0 radical (unpaired) electrons. The summed E-state index contributed by atoms with van der Waals surface area (Å²) in [5, 5.41) is 0. The number of benzene rings is 3. The number of likely N-dealkylation sites (tertiary alicyclic amines) is 1. The predicted molar refractivity (Wildman–Crippen MR) is 143 cm³/mol. The summed E-state index contributed by atoms with van der Waals surface area (Å²) in [6.07, 6.45) is 6.63. The lowest BCUT2D eigenvalue weighted by molar-refractivity contribution is -0.918. The van der Waals surface area contributed by atoms with Gasteiger partial charge in [-0.2, -0.15) is 0 Å². The number of piperidine rings is 1. The number of fused-ring (bicyclic) bond motifs is 1. The van der Waals surface area contributed by atoms with Crippen LogP contribution in [0, 0.1) is 6.92 Å². The van der Waals surface area contributed by atoms with E-state index in [-0.39, 0.29) is 5.91 Å². The maximum absolute atomic E-state index is 13.5. The Morgan fingerprint density at radius 2 is 1.63 bits per heavy atom. The molecular weight excluding hydrogens is 432 g/mol. The normalized spacial score (nSPS) is 16.0. The van der Waals surface area contributed by atoms with Gasteiger partial charge in [-0.05, 0) is 67.7 Å². The molecule has 0 aromatic heterocycles. The highest BCUT2D eigenvalue weighted by Crippen LogP contribution is 2.32. The van der Waals surface area contributed by atoms with E-state index in [1.54, 1.807) is 9.80 Å². The van der Waals surface area contributed by atoms with Crippen LogP contribution in [0.1, 0.15) is 42.4 Å². The maximum Gasteiger partial charge on any atom is 0.254 e. The molecule has 1 N–H and O–H groups in total. The Morgan fingerprint density at radius 3 is 2.37 bits per heavy atom. The number of anilines is 1. The molecule has 3 aromatic carbocycles. The van der Waals surface area contributed by atoms with E-state index in [1.807, 2.05) is 19.2 Å². The molecule has 2 aliphatic rings. The van der Waals surface area contributed by atoms with Gasteiger partial charge in [0.05, 0.1) is 19.7 Å². The van der Waals surface area contributed by atoms with Gasteiger partial charge in [0.2, 0.25) is 0 Å². The van der Waals surface area contributed by atoms with Gasteiger partial charge in [0.25, 0.3) is 5.91 Å². The molecule has 1 fully saturated rings. The summed E-state index contributed by atoms with van der Waals surface area (Å²) in [5.74, 6) is 0.854. The first-order chi connectivity index (χ1) is 17.1. The lowest BCUT2D eigenvalue weighted by Gasteiger charge is -2.24. The molecular formula is C31H35N2O2+. The van der Waals surface area contributed by atoms with Crippen molar-refractivity contribution >= 4 is 17.7 Å². The van der Waals surface area contributed by atoms with E-state index in [9.17, 15) is 4.79 Å². The van der Waals surface area contributed by atoms with E-state index >= 15 is 0 Å². The van der Waals surface area contributed by atoms with Crippen molar-refractivity contribution in [3.05, 3.63) is 89.0 Å².